The Morgan fingerprint density at radius 3 is 2.50 bits per heavy atom. The molecule has 2 rings (SSSR count). The predicted molar refractivity (Wildman–Crippen MR) is 83.1 cm³/mol. The second-order valence-electron chi connectivity index (χ2n) is 6.02. The second kappa shape index (κ2) is 8.31. The summed E-state index contributed by atoms with van der Waals surface area (Å²) in [6.07, 6.45) is 9.44. The van der Waals surface area contributed by atoms with Gasteiger partial charge in [0.25, 0.3) is 0 Å². The number of hydrogen-bond donors (Lipinski definition) is 1. The van der Waals surface area contributed by atoms with E-state index in [0.717, 1.165) is 25.0 Å². The van der Waals surface area contributed by atoms with Gasteiger partial charge in [-0.2, -0.15) is 0 Å². The lowest BCUT2D eigenvalue weighted by atomic mass is 9.85. The molecule has 0 heterocycles. The summed E-state index contributed by atoms with van der Waals surface area (Å²) in [5.41, 5.74) is 1.37. The molecule has 1 aromatic carbocycles. The molecule has 112 valence electrons. The number of unbranched alkanes of at least 4 members (excludes halogenated alkanes) is 1. The summed E-state index contributed by atoms with van der Waals surface area (Å²) in [7, 11) is 0. The number of aryl methyl sites for hydroxylation is 1. The second-order valence-corrected chi connectivity index (χ2v) is 6.02. The fraction of sp³-hybridized carbons (Fsp3) is 0.667. The maximum atomic E-state index is 10.2. The monoisotopic (exact) mass is 276 g/mol. The number of rotatable bonds is 7. The van der Waals surface area contributed by atoms with Crippen molar-refractivity contribution in [1.29, 1.82) is 0 Å². The third-order valence-corrected chi connectivity index (χ3v) is 4.36. The molecule has 0 aliphatic heterocycles. The summed E-state index contributed by atoms with van der Waals surface area (Å²) in [6, 6.07) is 8.33. The molecule has 1 aliphatic carbocycles. The van der Waals surface area contributed by atoms with Gasteiger partial charge in [-0.25, -0.2) is 0 Å². The zero-order valence-corrected chi connectivity index (χ0v) is 12.7. The Morgan fingerprint density at radius 2 is 1.85 bits per heavy atom. The number of ether oxygens (including phenoxy) is 1. The van der Waals surface area contributed by atoms with Crippen molar-refractivity contribution in [3.63, 3.8) is 0 Å². The van der Waals surface area contributed by atoms with E-state index in [-0.39, 0.29) is 6.10 Å². The van der Waals surface area contributed by atoms with Gasteiger partial charge in [-0.15, -0.1) is 0 Å². The Bertz CT molecular complexity index is 366. The van der Waals surface area contributed by atoms with E-state index in [1.54, 1.807) is 0 Å². The van der Waals surface area contributed by atoms with Crippen LogP contribution in [0.25, 0.3) is 0 Å². The van der Waals surface area contributed by atoms with Gasteiger partial charge in [0, 0.05) is 0 Å². The maximum Gasteiger partial charge on any atom is 0.119 e. The van der Waals surface area contributed by atoms with Crippen LogP contribution < -0.4 is 4.74 Å². The Morgan fingerprint density at radius 1 is 1.15 bits per heavy atom. The van der Waals surface area contributed by atoms with Crippen molar-refractivity contribution in [3.8, 4) is 5.75 Å². The molecule has 0 aromatic heterocycles. The molecule has 1 saturated carbocycles. The summed E-state index contributed by atoms with van der Waals surface area (Å²) < 4.78 is 5.73. The molecule has 0 bridgehead atoms. The Hall–Kier alpha value is -1.02. The van der Waals surface area contributed by atoms with Crippen LogP contribution in [0.2, 0.25) is 0 Å². The highest BCUT2D eigenvalue weighted by Crippen LogP contribution is 2.27. The van der Waals surface area contributed by atoms with E-state index in [1.165, 1.54) is 37.7 Å². The minimum absolute atomic E-state index is 0.310. The van der Waals surface area contributed by atoms with Crippen LogP contribution in [0.5, 0.6) is 5.75 Å². The first-order valence-electron chi connectivity index (χ1n) is 8.19. The van der Waals surface area contributed by atoms with Crippen molar-refractivity contribution < 1.29 is 9.84 Å². The Balaban J connectivity index is 1.75. The molecule has 20 heavy (non-hydrogen) atoms. The summed E-state index contributed by atoms with van der Waals surface area (Å²) in [4.78, 5) is 0. The summed E-state index contributed by atoms with van der Waals surface area (Å²) >= 11 is 0. The van der Waals surface area contributed by atoms with E-state index in [4.69, 9.17) is 4.74 Å². The van der Waals surface area contributed by atoms with Crippen molar-refractivity contribution >= 4 is 0 Å². The average Bonchev–Trinajstić information content (AvgIpc) is 2.52. The van der Waals surface area contributed by atoms with E-state index in [9.17, 15) is 5.11 Å². The third kappa shape index (κ3) is 4.82. The van der Waals surface area contributed by atoms with Gasteiger partial charge in [0.05, 0.1) is 6.10 Å². The van der Waals surface area contributed by atoms with Gasteiger partial charge in [-0.1, -0.05) is 44.7 Å². The van der Waals surface area contributed by atoms with Gasteiger partial charge >= 0.3 is 0 Å². The van der Waals surface area contributed by atoms with Gasteiger partial charge in [0.1, 0.15) is 12.4 Å². The molecule has 0 radical (unpaired) electrons. The number of hydrogen-bond acceptors (Lipinski definition) is 2. The summed E-state index contributed by atoms with van der Waals surface area (Å²) in [5, 5.41) is 10.2. The first-order chi connectivity index (χ1) is 9.79. The predicted octanol–water partition coefficient (Wildman–Crippen LogP) is 4.35. The lowest BCUT2D eigenvalue weighted by Crippen LogP contribution is -2.28. The van der Waals surface area contributed by atoms with Gasteiger partial charge < -0.3 is 9.84 Å². The lowest BCUT2D eigenvalue weighted by molar-refractivity contribution is 0.0413. The zero-order chi connectivity index (χ0) is 14.2. The SMILES string of the molecule is CCCCc1ccc(OCC(O)C2CCCCC2)cc1. The molecule has 1 fully saturated rings. The molecule has 0 spiro atoms. The highest BCUT2D eigenvalue weighted by molar-refractivity contribution is 5.27. The standard InChI is InChI=1S/C18H28O2/c1-2-3-7-15-10-12-17(13-11-15)20-14-18(19)16-8-5-4-6-9-16/h10-13,16,18-19H,2-9,14H2,1H3. The summed E-state index contributed by atoms with van der Waals surface area (Å²) in [5.74, 6) is 1.31. The van der Waals surface area contributed by atoms with Gasteiger partial charge in [-0.3, -0.25) is 0 Å². The van der Waals surface area contributed by atoms with Crippen LogP contribution in [0.3, 0.4) is 0 Å². The van der Waals surface area contributed by atoms with E-state index in [2.05, 4.69) is 19.1 Å². The zero-order valence-electron chi connectivity index (χ0n) is 12.7. The normalized spacial score (nSPS) is 17.9. The topological polar surface area (TPSA) is 29.5 Å². The molecule has 1 atom stereocenters. The van der Waals surface area contributed by atoms with E-state index in [1.807, 2.05) is 12.1 Å². The van der Waals surface area contributed by atoms with Crippen molar-refractivity contribution in [3.05, 3.63) is 29.8 Å². The van der Waals surface area contributed by atoms with E-state index < -0.39 is 0 Å². The van der Waals surface area contributed by atoms with Crippen LogP contribution in [0.4, 0.5) is 0 Å². The van der Waals surface area contributed by atoms with Crippen molar-refractivity contribution in [1.82, 2.24) is 0 Å². The highest BCUT2D eigenvalue weighted by atomic mass is 16.5. The smallest absolute Gasteiger partial charge is 0.119 e. The van der Waals surface area contributed by atoms with Crippen molar-refractivity contribution in [2.45, 2.75) is 64.4 Å². The van der Waals surface area contributed by atoms with Crippen LogP contribution in [-0.2, 0) is 6.42 Å². The maximum absolute atomic E-state index is 10.2. The molecule has 1 aromatic rings. The van der Waals surface area contributed by atoms with Gasteiger partial charge in [0.15, 0.2) is 0 Å². The van der Waals surface area contributed by atoms with Crippen LogP contribution >= 0.6 is 0 Å². The molecule has 1 aliphatic rings. The number of benzene rings is 1. The highest BCUT2D eigenvalue weighted by Gasteiger charge is 2.22. The van der Waals surface area contributed by atoms with Crippen molar-refractivity contribution in [2.75, 3.05) is 6.61 Å². The molecule has 2 heteroatoms. The van der Waals surface area contributed by atoms with Gasteiger partial charge in [0.2, 0.25) is 0 Å². The molecular weight excluding hydrogens is 248 g/mol. The number of aliphatic hydroxyl groups is 1. The first kappa shape index (κ1) is 15.4. The Labute approximate surface area is 123 Å². The fourth-order valence-corrected chi connectivity index (χ4v) is 2.97. The third-order valence-electron chi connectivity index (χ3n) is 4.36. The quantitative estimate of drug-likeness (QED) is 0.802. The lowest BCUT2D eigenvalue weighted by Gasteiger charge is -2.26. The van der Waals surface area contributed by atoms with E-state index >= 15 is 0 Å². The van der Waals surface area contributed by atoms with Crippen LogP contribution in [0.1, 0.15) is 57.4 Å². The van der Waals surface area contributed by atoms with Crippen LogP contribution in [0, 0.1) is 5.92 Å². The van der Waals surface area contributed by atoms with Crippen LogP contribution in [-0.4, -0.2) is 17.8 Å². The average molecular weight is 276 g/mol. The molecule has 1 unspecified atom stereocenters. The Kier molecular flexibility index (Phi) is 6.38. The minimum atomic E-state index is -0.310. The van der Waals surface area contributed by atoms with Crippen LogP contribution in [0.15, 0.2) is 24.3 Å². The minimum Gasteiger partial charge on any atom is -0.491 e. The molecule has 0 saturated heterocycles. The molecule has 1 N–H and O–H groups in total. The molecular formula is C18H28O2. The largest absolute Gasteiger partial charge is 0.491 e. The van der Waals surface area contributed by atoms with Gasteiger partial charge in [-0.05, 0) is 49.3 Å². The van der Waals surface area contributed by atoms with Crippen molar-refractivity contribution in [2.24, 2.45) is 5.92 Å². The molecule has 0 amide bonds. The first-order valence-corrected chi connectivity index (χ1v) is 8.19. The molecule has 2 nitrogen and oxygen atoms in total. The number of aliphatic hydroxyl groups excluding tert-OH is 1. The fourth-order valence-electron chi connectivity index (χ4n) is 2.97. The van der Waals surface area contributed by atoms with E-state index in [0.29, 0.717) is 12.5 Å². The summed E-state index contributed by atoms with van der Waals surface area (Å²) in [6.45, 7) is 2.64.